The van der Waals surface area contributed by atoms with Crippen LogP contribution in [0.3, 0.4) is 0 Å². The lowest BCUT2D eigenvalue weighted by atomic mass is 9.94. The predicted octanol–water partition coefficient (Wildman–Crippen LogP) is 0.479. The summed E-state index contributed by atoms with van der Waals surface area (Å²) >= 11 is 0. The topological polar surface area (TPSA) is 82.2 Å². The minimum atomic E-state index is -0.119. The highest BCUT2D eigenvalue weighted by atomic mass is 16.5. The molecule has 1 aromatic heterocycles. The van der Waals surface area contributed by atoms with Crippen molar-refractivity contribution in [3.05, 3.63) is 22.7 Å². The molecular weight excluding hydrogens is 244 g/mol. The Morgan fingerprint density at radius 1 is 1.47 bits per heavy atom. The van der Waals surface area contributed by atoms with Crippen molar-refractivity contribution in [3.63, 3.8) is 0 Å². The number of rotatable bonds is 5. The van der Waals surface area contributed by atoms with E-state index in [0.717, 1.165) is 25.7 Å². The third kappa shape index (κ3) is 4.04. The van der Waals surface area contributed by atoms with Gasteiger partial charge in [-0.05, 0) is 25.7 Å². The third-order valence-corrected chi connectivity index (χ3v) is 3.48. The van der Waals surface area contributed by atoms with Gasteiger partial charge >= 0.3 is 0 Å². The lowest BCUT2D eigenvalue weighted by molar-refractivity contribution is 0.0313. The molecule has 0 radical (unpaired) electrons. The summed E-state index contributed by atoms with van der Waals surface area (Å²) in [6, 6.07) is 0.342. The van der Waals surface area contributed by atoms with Crippen molar-refractivity contribution >= 4 is 5.82 Å². The smallest absolute Gasteiger partial charge is 0.293 e. The van der Waals surface area contributed by atoms with E-state index in [0.29, 0.717) is 31.1 Å². The first kappa shape index (κ1) is 14.0. The highest BCUT2D eigenvalue weighted by Gasteiger charge is 2.18. The zero-order valence-electron chi connectivity index (χ0n) is 11.3. The second-order valence-corrected chi connectivity index (χ2v) is 5.03. The summed E-state index contributed by atoms with van der Waals surface area (Å²) in [6.45, 7) is 1.18. The fourth-order valence-electron chi connectivity index (χ4n) is 2.27. The molecule has 0 spiro atoms. The molecule has 3 N–H and O–H groups in total. The summed E-state index contributed by atoms with van der Waals surface area (Å²) in [7, 11) is 1.71. The van der Waals surface area contributed by atoms with E-state index in [1.165, 1.54) is 4.57 Å². The SMILES string of the molecule is Cn1ccnc(NCCOC2CCC(N)CC2)c1=O. The van der Waals surface area contributed by atoms with Crippen LogP contribution in [0.25, 0.3) is 0 Å². The molecule has 1 heterocycles. The molecule has 0 unspecified atom stereocenters. The monoisotopic (exact) mass is 266 g/mol. The van der Waals surface area contributed by atoms with E-state index in [2.05, 4.69) is 10.3 Å². The van der Waals surface area contributed by atoms with E-state index >= 15 is 0 Å². The molecule has 6 heteroatoms. The minimum Gasteiger partial charge on any atom is -0.376 e. The van der Waals surface area contributed by atoms with Crippen molar-refractivity contribution in [1.82, 2.24) is 9.55 Å². The maximum absolute atomic E-state index is 11.7. The Labute approximate surface area is 113 Å². The van der Waals surface area contributed by atoms with E-state index in [1.807, 2.05) is 0 Å². The zero-order valence-corrected chi connectivity index (χ0v) is 11.3. The van der Waals surface area contributed by atoms with Crippen LogP contribution in [0, 0.1) is 0 Å². The van der Waals surface area contributed by atoms with E-state index in [4.69, 9.17) is 10.5 Å². The molecule has 0 amide bonds. The first-order chi connectivity index (χ1) is 9.16. The average Bonchev–Trinajstić information content (AvgIpc) is 2.41. The fraction of sp³-hybridized carbons (Fsp3) is 0.692. The first-order valence-electron chi connectivity index (χ1n) is 6.79. The molecule has 0 atom stereocenters. The van der Waals surface area contributed by atoms with Crippen LogP contribution in [-0.4, -0.2) is 34.8 Å². The molecule has 2 rings (SSSR count). The predicted molar refractivity (Wildman–Crippen MR) is 74.2 cm³/mol. The highest BCUT2D eigenvalue weighted by Crippen LogP contribution is 2.19. The Balaban J connectivity index is 1.69. The van der Waals surface area contributed by atoms with Crippen LogP contribution >= 0.6 is 0 Å². The molecule has 0 aliphatic heterocycles. The standard InChI is InChI=1S/C13H22N4O2/c1-17-8-6-15-12(13(17)18)16-7-9-19-11-4-2-10(14)3-5-11/h6,8,10-11H,2-5,7,9,14H2,1H3,(H,15,16). The number of aromatic nitrogens is 2. The molecule has 0 bridgehead atoms. The van der Waals surface area contributed by atoms with Crippen molar-refractivity contribution < 1.29 is 4.74 Å². The van der Waals surface area contributed by atoms with Gasteiger partial charge in [0.15, 0.2) is 5.82 Å². The normalized spacial score (nSPS) is 23.3. The average molecular weight is 266 g/mol. The van der Waals surface area contributed by atoms with E-state index < -0.39 is 0 Å². The van der Waals surface area contributed by atoms with Crippen LogP contribution in [0.2, 0.25) is 0 Å². The van der Waals surface area contributed by atoms with Gasteiger partial charge in [0, 0.05) is 32.0 Å². The molecule has 1 fully saturated rings. The van der Waals surface area contributed by atoms with Gasteiger partial charge in [-0.1, -0.05) is 0 Å². The van der Waals surface area contributed by atoms with Gasteiger partial charge in [0.05, 0.1) is 12.7 Å². The van der Waals surface area contributed by atoms with Gasteiger partial charge in [0.2, 0.25) is 0 Å². The molecule has 1 aliphatic carbocycles. The van der Waals surface area contributed by atoms with E-state index in [1.54, 1.807) is 19.4 Å². The number of ether oxygens (including phenoxy) is 1. The molecule has 19 heavy (non-hydrogen) atoms. The summed E-state index contributed by atoms with van der Waals surface area (Å²) in [6.07, 6.45) is 7.70. The summed E-state index contributed by atoms with van der Waals surface area (Å²) in [4.78, 5) is 15.7. The largest absolute Gasteiger partial charge is 0.376 e. The number of nitrogens with two attached hydrogens (primary N) is 1. The van der Waals surface area contributed by atoms with Crippen LogP contribution in [0.4, 0.5) is 5.82 Å². The summed E-state index contributed by atoms with van der Waals surface area (Å²) in [5.74, 6) is 0.374. The van der Waals surface area contributed by atoms with Crippen LogP contribution < -0.4 is 16.6 Å². The number of hydrogen-bond acceptors (Lipinski definition) is 5. The lowest BCUT2D eigenvalue weighted by Crippen LogP contribution is -2.31. The van der Waals surface area contributed by atoms with Gasteiger partial charge in [-0.2, -0.15) is 0 Å². The van der Waals surface area contributed by atoms with Gasteiger partial charge in [0.25, 0.3) is 5.56 Å². The van der Waals surface area contributed by atoms with Crippen molar-refractivity contribution in [1.29, 1.82) is 0 Å². The van der Waals surface area contributed by atoms with Crippen LogP contribution in [0.15, 0.2) is 17.2 Å². The Hall–Kier alpha value is -1.40. The maximum atomic E-state index is 11.7. The molecule has 6 nitrogen and oxygen atoms in total. The molecule has 1 aliphatic rings. The first-order valence-corrected chi connectivity index (χ1v) is 6.79. The minimum absolute atomic E-state index is 0.119. The second-order valence-electron chi connectivity index (χ2n) is 5.03. The number of anilines is 1. The maximum Gasteiger partial charge on any atom is 0.293 e. The Bertz CT molecular complexity index is 452. The highest BCUT2D eigenvalue weighted by molar-refractivity contribution is 5.30. The van der Waals surface area contributed by atoms with E-state index in [-0.39, 0.29) is 5.56 Å². The molecular formula is C13H22N4O2. The van der Waals surface area contributed by atoms with Crippen LogP contribution in [0.5, 0.6) is 0 Å². The third-order valence-electron chi connectivity index (χ3n) is 3.48. The summed E-state index contributed by atoms with van der Waals surface area (Å²) in [5, 5.41) is 3.01. The molecule has 106 valence electrons. The van der Waals surface area contributed by atoms with Crippen LogP contribution in [0.1, 0.15) is 25.7 Å². The molecule has 0 aromatic carbocycles. The number of hydrogen-bond donors (Lipinski definition) is 2. The van der Waals surface area contributed by atoms with Gasteiger partial charge in [-0.25, -0.2) is 4.98 Å². The van der Waals surface area contributed by atoms with Crippen molar-refractivity contribution in [3.8, 4) is 0 Å². The number of aryl methyl sites for hydroxylation is 1. The van der Waals surface area contributed by atoms with Gasteiger partial charge in [-0.3, -0.25) is 4.79 Å². The van der Waals surface area contributed by atoms with Crippen LogP contribution in [-0.2, 0) is 11.8 Å². The molecule has 1 saturated carbocycles. The van der Waals surface area contributed by atoms with Gasteiger partial charge in [-0.15, -0.1) is 0 Å². The summed E-state index contributed by atoms with van der Waals surface area (Å²) in [5.41, 5.74) is 5.73. The summed E-state index contributed by atoms with van der Waals surface area (Å²) < 4.78 is 7.27. The molecule has 0 saturated heterocycles. The Morgan fingerprint density at radius 3 is 2.95 bits per heavy atom. The Kier molecular flexibility index (Phi) is 4.93. The second kappa shape index (κ2) is 6.68. The van der Waals surface area contributed by atoms with Gasteiger partial charge in [0.1, 0.15) is 0 Å². The number of nitrogens with zero attached hydrogens (tertiary/aromatic N) is 2. The Morgan fingerprint density at radius 2 is 2.21 bits per heavy atom. The van der Waals surface area contributed by atoms with Crippen molar-refractivity contribution in [2.24, 2.45) is 12.8 Å². The van der Waals surface area contributed by atoms with Crippen molar-refractivity contribution in [2.45, 2.75) is 37.8 Å². The van der Waals surface area contributed by atoms with E-state index in [9.17, 15) is 4.79 Å². The quantitative estimate of drug-likeness (QED) is 0.757. The number of nitrogens with one attached hydrogen (secondary N) is 1. The van der Waals surface area contributed by atoms with Crippen molar-refractivity contribution in [2.75, 3.05) is 18.5 Å². The zero-order chi connectivity index (χ0) is 13.7. The lowest BCUT2D eigenvalue weighted by Gasteiger charge is -2.26. The van der Waals surface area contributed by atoms with Gasteiger partial charge < -0.3 is 20.4 Å². The fourth-order valence-corrected chi connectivity index (χ4v) is 2.27. The molecule has 1 aromatic rings.